The van der Waals surface area contributed by atoms with Gasteiger partial charge in [0.1, 0.15) is 42.1 Å². The summed E-state index contributed by atoms with van der Waals surface area (Å²) in [6, 6.07) is 17.3. The predicted octanol–water partition coefficient (Wildman–Crippen LogP) is 2.65. The molecule has 8 heteroatoms. The van der Waals surface area contributed by atoms with Crippen LogP contribution in [-0.2, 0) is 22.7 Å². The average Bonchev–Trinajstić information content (AvgIpc) is 3.25. The van der Waals surface area contributed by atoms with Crippen molar-refractivity contribution in [1.29, 1.82) is 0 Å². The Bertz CT molecular complexity index is 908. The fraction of sp³-hybridized carbons (Fsp3) is 0.458. The highest BCUT2D eigenvalue weighted by Gasteiger charge is 2.50. The van der Waals surface area contributed by atoms with Gasteiger partial charge >= 0.3 is 0 Å². The lowest BCUT2D eigenvalue weighted by atomic mass is 9.95. The molecule has 0 saturated carbocycles. The van der Waals surface area contributed by atoms with E-state index in [1.54, 1.807) is 0 Å². The highest BCUT2D eigenvalue weighted by molar-refractivity contribution is 8.14. The maximum absolute atomic E-state index is 10.6. The van der Waals surface area contributed by atoms with E-state index in [2.05, 4.69) is 4.99 Å². The van der Waals surface area contributed by atoms with Crippen molar-refractivity contribution < 1.29 is 24.4 Å². The van der Waals surface area contributed by atoms with Crippen molar-refractivity contribution in [3.05, 3.63) is 65.7 Å². The van der Waals surface area contributed by atoms with Crippen LogP contribution in [0.4, 0.5) is 0 Å². The van der Waals surface area contributed by atoms with Crippen LogP contribution < -0.4 is 4.74 Å². The van der Waals surface area contributed by atoms with Gasteiger partial charge in [-0.05, 0) is 30.2 Å². The minimum Gasteiger partial charge on any atom is -0.489 e. The Labute approximate surface area is 193 Å². The molecule has 0 radical (unpaired) electrons. The number of hydrogen-bond donors (Lipinski definition) is 2. The van der Waals surface area contributed by atoms with Gasteiger partial charge in [-0.1, -0.05) is 54.2 Å². The second-order valence-electron chi connectivity index (χ2n) is 8.30. The molecule has 4 rings (SSSR count). The first-order valence-corrected chi connectivity index (χ1v) is 11.6. The van der Waals surface area contributed by atoms with Crippen molar-refractivity contribution in [3.8, 4) is 5.75 Å². The monoisotopic (exact) mass is 458 g/mol. The summed E-state index contributed by atoms with van der Waals surface area (Å²) in [7, 11) is 3.79. The number of nitrogens with zero attached hydrogens (tertiary/aromatic N) is 2. The quantitative estimate of drug-likeness (QED) is 0.660. The molecule has 2 aliphatic rings. The summed E-state index contributed by atoms with van der Waals surface area (Å²) in [6.45, 7) is 2.74. The summed E-state index contributed by atoms with van der Waals surface area (Å²) >= 11 is 1.46. The lowest BCUT2D eigenvalue weighted by Crippen LogP contribution is -2.58. The molecule has 2 aliphatic heterocycles. The summed E-state index contributed by atoms with van der Waals surface area (Å²) in [5, 5.41) is 22.0. The van der Waals surface area contributed by atoms with Crippen molar-refractivity contribution >= 4 is 16.9 Å². The van der Waals surface area contributed by atoms with Crippen LogP contribution in [0.25, 0.3) is 0 Å². The molecule has 0 unspecified atom stereocenters. The molecule has 6 atom stereocenters. The number of aliphatic imine (C=N–C) groups is 1. The standard InChI is InChI=1S/C24H30N2O5S/c1-15(22-21(28)20(27)19-23(31-22)32-24(25-19)26(2)3)29-13-17-9-11-18(12-10-17)30-14-16-7-5-4-6-8-16/h4-12,15,19-23,27-28H,13-14H2,1-3H3/t15-,19+,20+,21-,22+,23+/m0/s1. The largest absolute Gasteiger partial charge is 0.489 e. The number of hydrogen-bond acceptors (Lipinski definition) is 8. The van der Waals surface area contributed by atoms with Gasteiger partial charge < -0.3 is 29.3 Å². The Kier molecular flexibility index (Phi) is 7.37. The Morgan fingerprint density at radius 1 is 1.00 bits per heavy atom. The molecule has 2 aromatic rings. The van der Waals surface area contributed by atoms with E-state index in [4.69, 9.17) is 14.2 Å². The van der Waals surface area contributed by atoms with Gasteiger partial charge in [-0.25, -0.2) is 0 Å². The molecule has 0 aliphatic carbocycles. The summed E-state index contributed by atoms with van der Waals surface area (Å²) in [5.41, 5.74) is 1.77. The van der Waals surface area contributed by atoms with Crippen LogP contribution in [0.1, 0.15) is 18.1 Å². The molecule has 32 heavy (non-hydrogen) atoms. The molecule has 2 aromatic carbocycles. The third-order valence-electron chi connectivity index (χ3n) is 5.62. The third kappa shape index (κ3) is 5.27. The number of thioether (sulfide) groups is 1. The van der Waals surface area contributed by atoms with Crippen molar-refractivity contribution in [2.24, 2.45) is 4.99 Å². The van der Waals surface area contributed by atoms with Crippen LogP contribution in [-0.4, -0.2) is 70.3 Å². The van der Waals surface area contributed by atoms with E-state index in [0.717, 1.165) is 22.0 Å². The number of amidine groups is 1. The summed E-state index contributed by atoms with van der Waals surface area (Å²) in [5.74, 6) is 0.792. The Morgan fingerprint density at radius 3 is 2.38 bits per heavy atom. The zero-order valence-electron chi connectivity index (χ0n) is 18.5. The second-order valence-corrected chi connectivity index (χ2v) is 9.36. The zero-order chi connectivity index (χ0) is 22.7. The van der Waals surface area contributed by atoms with Crippen LogP contribution in [0.5, 0.6) is 5.75 Å². The maximum Gasteiger partial charge on any atom is 0.161 e. The Hall–Kier alpha value is -2.10. The van der Waals surface area contributed by atoms with E-state index in [1.165, 1.54) is 11.8 Å². The minimum absolute atomic E-state index is 0.331. The van der Waals surface area contributed by atoms with Gasteiger partial charge in [-0.3, -0.25) is 4.99 Å². The molecule has 1 saturated heterocycles. The molecule has 0 bridgehead atoms. The fourth-order valence-corrected chi connectivity index (χ4v) is 4.87. The molecule has 0 amide bonds. The van der Waals surface area contributed by atoms with Crippen LogP contribution in [0.15, 0.2) is 59.6 Å². The van der Waals surface area contributed by atoms with Gasteiger partial charge in [0.15, 0.2) is 5.17 Å². The lowest BCUT2D eigenvalue weighted by Gasteiger charge is -2.40. The smallest absolute Gasteiger partial charge is 0.161 e. The van der Waals surface area contributed by atoms with Crippen LogP contribution in [0.3, 0.4) is 0 Å². The molecule has 2 N–H and O–H groups in total. The Morgan fingerprint density at radius 2 is 1.69 bits per heavy atom. The lowest BCUT2D eigenvalue weighted by molar-refractivity contribution is -0.193. The number of aliphatic hydroxyl groups excluding tert-OH is 2. The zero-order valence-corrected chi connectivity index (χ0v) is 19.3. The number of rotatable bonds is 7. The van der Waals surface area contributed by atoms with E-state index in [9.17, 15) is 10.2 Å². The summed E-state index contributed by atoms with van der Waals surface area (Å²) < 4.78 is 17.9. The number of fused-ring (bicyclic) bond motifs is 1. The number of ether oxygens (including phenoxy) is 3. The minimum atomic E-state index is -1.06. The van der Waals surface area contributed by atoms with Gasteiger partial charge in [0.05, 0.1) is 12.7 Å². The second kappa shape index (κ2) is 10.2. The van der Waals surface area contributed by atoms with Gasteiger partial charge in [0, 0.05) is 14.1 Å². The predicted molar refractivity (Wildman–Crippen MR) is 125 cm³/mol. The van der Waals surface area contributed by atoms with E-state index in [0.29, 0.717) is 13.2 Å². The molecular formula is C24H30N2O5S. The van der Waals surface area contributed by atoms with Crippen LogP contribution in [0, 0.1) is 0 Å². The van der Waals surface area contributed by atoms with E-state index in [-0.39, 0.29) is 5.44 Å². The Balaban J connectivity index is 1.28. The van der Waals surface area contributed by atoms with Crippen molar-refractivity contribution in [1.82, 2.24) is 4.90 Å². The van der Waals surface area contributed by atoms with E-state index < -0.39 is 30.5 Å². The van der Waals surface area contributed by atoms with Crippen LogP contribution >= 0.6 is 11.8 Å². The van der Waals surface area contributed by atoms with Gasteiger partial charge in [-0.15, -0.1) is 0 Å². The van der Waals surface area contributed by atoms with E-state index >= 15 is 0 Å². The fourth-order valence-electron chi connectivity index (χ4n) is 3.72. The third-order valence-corrected chi connectivity index (χ3v) is 6.92. The average molecular weight is 459 g/mol. The number of benzene rings is 2. The molecular weight excluding hydrogens is 428 g/mol. The summed E-state index contributed by atoms with van der Waals surface area (Å²) in [6.07, 6.45) is -3.09. The number of aliphatic hydroxyl groups is 2. The van der Waals surface area contributed by atoms with Gasteiger partial charge in [-0.2, -0.15) is 0 Å². The van der Waals surface area contributed by atoms with Crippen molar-refractivity contribution in [3.63, 3.8) is 0 Å². The first-order chi connectivity index (χ1) is 15.4. The molecule has 2 heterocycles. The molecule has 0 aromatic heterocycles. The van der Waals surface area contributed by atoms with Crippen LogP contribution in [0.2, 0.25) is 0 Å². The van der Waals surface area contributed by atoms with E-state index in [1.807, 2.05) is 80.5 Å². The van der Waals surface area contributed by atoms with Crippen molar-refractivity contribution in [2.45, 2.75) is 56.0 Å². The van der Waals surface area contributed by atoms with Gasteiger partial charge in [0.2, 0.25) is 0 Å². The maximum atomic E-state index is 10.6. The highest BCUT2D eigenvalue weighted by atomic mass is 32.2. The van der Waals surface area contributed by atoms with Crippen molar-refractivity contribution in [2.75, 3.05) is 14.1 Å². The molecule has 0 spiro atoms. The first kappa shape index (κ1) is 23.1. The SMILES string of the molecule is C[C@H](OCc1ccc(OCc2ccccc2)cc1)[C@H]1O[C@@H]2SC(N(C)C)=N[C@@H]2[C@@H](O)[C@@H]1O. The normalized spacial score (nSPS) is 28.0. The first-order valence-electron chi connectivity index (χ1n) is 10.7. The molecule has 7 nitrogen and oxygen atoms in total. The van der Waals surface area contributed by atoms with Gasteiger partial charge in [0.25, 0.3) is 0 Å². The molecule has 172 valence electrons. The molecule has 1 fully saturated rings. The topological polar surface area (TPSA) is 83.8 Å². The highest BCUT2D eigenvalue weighted by Crippen LogP contribution is 2.38. The summed E-state index contributed by atoms with van der Waals surface area (Å²) in [4.78, 5) is 6.37.